The lowest BCUT2D eigenvalue weighted by atomic mass is 10.0. The molecule has 1 aromatic rings. The van der Waals surface area contributed by atoms with Gasteiger partial charge in [-0.15, -0.1) is 0 Å². The molecule has 0 atom stereocenters. The SMILES string of the molecule is Cc1cc(N2CC(C#N)C2)nc(C)n1. The minimum absolute atomic E-state index is 0.172. The van der Waals surface area contributed by atoms with E-state index < -0.39 is 0 Å². The Bertz CT molecular complexity index is 367. The van der Waals surface area contributed by atoms with E-state index in [9.17, 15) is 0 Å². The molecule has 0 aromatic carbocycles. The lowest BCUT2D eigenvalue weighted by Gasteiger charge is -2.36. The van der Waals surface area contributed by atoms with Crippen LogP contribution in [0.2, 0.25) is 0 Å². The molecule has 1 fully saturated rings. The van der Waals surface area contributed by atoms with Crippen LogP contribution in [-0.4, -0.2) is 23.1 Å². The molecule has 72 valence electrons. The van der Waals surface area contributed by atoms with E-state index in [1.807, 2.05) is 19.9 Å². The van der Waals surface area contributed by atoms with Crippen LogP contribution in [0, 0.1) is 31.1 Å². The molecule has 1 aliphatic heterocycles. The van der Waals surface area contributed by atoms with Gasteiger partial charge in [0, 0.05) is 24.8 Å². The third-order valence-corrected chi connectivity index (χ3v) is 2.34. The first-order chi connectivity index (χ1) is 6.69. The van der Waals surface area contributed by atoms with Crippen molar-refractivity contribution < 1.29 is 0 Å². The second-order valence-corrected chi connectivity index (χ2v) is 3.65. The van der Waals surface area contributed by atoms with E-state index in [1.54, 1.807) is 0 Å². The monoisotopic (exact) mass is 188 g/mol. The predicted octanol–water partition coefficient (Wildman–Crippen LogP) is 1.05. The molecule has 0 N–H and O–H groups in total. The predicted molar refractivity (Wildman–Crippen MR) is 52.8 cm³/mol. The fraction of sp³-hybridized carbons (Fsp3) is 0.500. The Balaban J connectivity index is 2.15. The van der Waals surface area contributed by atoms with Gasteiger partial charge in [0.15, 0.2) is 0 Å². The highest BCUT2D eigenvalue weighted by molar-refractivity contribution is 5.43. The first-order valence-corrected chi connectivity index (χ1v) is 4.66. The number of anilines is 1. The molecule has 0 amide bonds. The van der Waals surface area contributed by atoms with E-state index in [2.05, 4.69) is 20.9 Å². The molecule has 0 saturated carbocycles. The van der Waals surface area contributed by atoms with Crippen molar-refractivity contribution in [1.82, 2.24) is 9.97 Å². The maximum Gasteiger partial charge on any atom is 0.132 e. The van der Waals surface area contributed by atoms with Crippen molar-refractivity contribution >= 4 is 5.82 Å². The molecular weight excluding hydrogens is 176 g/mol. The van der Waals surface area contributed by atoms with Crippen LogP contribution in [0.1, 0.15) is 11.5 Å². The second-order valence-electron chi connectivity index (χ2n) is 3.65. The lowest BCUT2D eigenvalue weighted by molar-refractivity contribution is 0.498. The van der Waals surface area contributed by atoms with Crippen molar-refractivity contribution in [1.29, 1.82) is 5.26 Å². The van der Waals surface area contributed by atoms with Crippen molar-refractivity contribution in [2.75, 3.05) is 18.0 Å². The van der Waals surface area contributed by atoms with Crippen LogP contribution in [0.3, 0.4) is 0 Å². The fourth-order valence-electron chi connectivity index (χ4n) is 1.61. The maximum atomic E-state index is 8.65. The van der Waals surface area contributed by atoms with Crippen LogP contribution in [-0.2, 0) is 0 Å². The maximum absolute atomic E-state index is 8.65. The quantitative estimate of drug-likeness (QED) is 0.661. The first kappa shape index (κ1) is 8.95. The van der Waals surface area contributed by atoms with Gasteiger partial charge in [0.25, 0.3) is 0 Å². The number of hydrogen-bond acceptors (Lipinski definition) is 4. The van der Waals surface area contributed by atoms with Crippen LogP contribution in [0.15, 0.2) is 6.07 Å². The number of nitriles is 1. The molecule has 0 unspecified atom stereocenters. The second kappa shape index (κ2) is 3.26. The summed E-state index contributed by atoms with van der Waals surface area (Å²) in [6, 6.07) is 4.20. The minimum Gasteiger partial charge on any atom is -0.354 e. The van der Waals surface area contributed by atoms with Gasteiger partial charge in [-0.2, -0.15) is 5.26 Å². The number of rotatable bonds is 1. The number of aromatic nitrogens is 2. The van der Waals surface area contributed by atoms with Gasteiger partial charge in [-0.3, -0.25) is 0 Å². The molecule has 1 aliphatic rings. The van der Waals surface area contributed by atoms with Gasteiger partial charge in [-0.1, -0.05) is 0 Å². The van der Waals surface area contributed by atoms with Gasteiger partial charge < -0.3 is 4.90 Å². The van der Waals surface area contributed by atoms with E-state index in [-0.39, 0.29) is 5.92 Å². The van der Waals surface area contributed by atoms with Gasteiger partial charge in [0.05, 0.1) is 12.0 Å². The highest BCUT2D eigenvalue weighted by atomic mass is 15.2. The Morgan fingerprint density at radius 1 is 1.43 bits per heavy atom. The molecule has 1 aromatic heterocycles. The molecule has 1 saturated heterocycles. The van der Waals surface area contributed by atoms with Crippen molar-refractivity contribution in [2.24, 2.45) is 5.92 Å². The summed E-state index contributed by atoms with van der Waals surface area (Å²) in [4.78, 5) is 10.6. The number of hydrogen-bond donors (Lipinski definition) is 0. The molecule has 0 bridgehead atoms. The smallest absolute Gasteiger partial charge is 0.132 e. The summed E-state index contributed by atoms with van der Waals surface area (Å²) in [5.41, 5.74) is 0.980. The highest BCUT2D eigenvalue weighted by Crippen LogP contribution is 2.22. The first-order valence-electron chi connectivity index (χ1n) is 4.66. The van der Waals surface area contributed by atoms with Gasteiger partial charge in [-0.05, 0) is 13.8 Å². The largest absolute Gasteiger partial charge is 0.354 e. The normalized spacial score (nSPS) is 16.2. The van der Waals surface area contributed by atoms with Gasteiger partial charge in [0.1, 0.15) is 11.6 Å². The zero-order chi connectivity index (χ0) is 10.1. The molecule has 14 heavy (non-hydrogen) atoms. The summed E-state index contributed by atoms with van der Waals surface area (Å²) in [5.74, 6) is 1.91. The Hall–Kier alpha value is -1.63. The molecule has 0 radical (unpaired) electrons. The van der Waals surface area contributed by atoms with Crippen molar-refractivity contribution in [3.63, 3.8) is 0 Å². The highest BCUT2D eigenvalue weighted by Gasteiger charge is 2.27. The zero-order valence-corrected chi connectivity index (χ0v) is 8.36. The fourth-order valence-corrected chi connectivity index (χ4v) is 1.61. The average molecular weight is 188 g/mol. The summed E-state index contributed by atoms with van der Waals surface area (Å²) >= 11 is 0. The van der Waals surface area contributed by atoms with Crippen molar-refractivity contribution in [3.8, 4) is 6.07 Å². The molecule has 4 heteroatoms. The van der Waals surface area contributed by atoms with Gasteiger partial charge >= 0.3 is 0 Å². The van der Waals surface area contributed by atoms with Crippen LogP contribution < -0.4 is 4.90 Å². The average Bonchev–Trinajstić information content (AvgIpc) is 2.00. The van der Waals surface area contributed by atoms with Crippen molar-refractivity contribution in [3.05, 3.63) is 17.6 Å². The molecule has 2 rings (SSSR count). The van der Waals surface area contributed by atoms with E-state index in [1.165, 1.54) is 0 Å². The minimum atomic E-state index is 0.172. The summed E-state index contributed by atoms with van der Waals surface area (Å²) in [6.45, 7) is 5.44. The molecular formula is C10H12N4. The van der Waals surface area contributed by atoms with Gasteiger partial charge in [0.2, 0.25) is 0 Å². The summed E-state index contributed by atoms with van der Waals surface area (Å²) < 4.78 is 0. The zero-order valence-electron chi connectivity index (χ0n) is 8.36. The topological polar surface area (TPSA) is 52.8 Å². The van der Waals surface area contributed by atoms with Crippen LogP contribution in [0.25, 0.3) is 0 Å². The third kappa shape index (κ3) is 1.53. The van der Waals surface area contributed by atoms with Crippen LogP contribution >= 0.6 is 0 Å². The summed E-state index contributed by atoms with van der Waals surface area (Å²) in [5, 5.41) is 8.65. The number of nitrogens with zero attached hydrogens (tertiary/aromatic N) is 4. The molecule has 4 nitrogen and oxygen atoms in total. The molecule has 0 aliphatic carbocycles. The standard InChI is InChI=1S/C10H12N4/c1-7-3-10(13-8(2)12-7)14-5-9(4-11)6-14/h3,9H,5-6H2,1-2H3. The Kier molecular flexibility index (Phi) is 2.08. The van der Waals surface area contributed by atoms with Gasteiger partial charge in [-0.25, -0.2) is 9.97 Å². The van der Waals surface area contributed by atoms with Crippen molar-refractivity contribution in [2.45, 2.75) is 13.8 Å². The van der Waals surface area contributed by atoms with Crippen LogP contribution in [0.5, 0.6) is 0 Å². The summed E-state index contributed by atoms with van der Waals surface area (Å²) in [6.07, 6.45) is 0. The van der Waals surface area contributed by atoms with E-state index in [0.29, 0.717) is 0 Å². The third-order valence-electron chi connectivity index (χ3n) is 2.34. The van der Waals surface area contributed by atoms with E-state index >= 15 is 0 Å². The number of aryl methyl sites for hydroxylation is 2. The molecule has 2 heterocycles. The Morgan fingerprint density at radius 3 is 2.71 bits per heavy atom. The molecule has 0 spiro atoms. The van der Waals surface area contributed by atoms with E-state index in [0.717, 1.165) is 30.4 Å². The summed E-state index contributed by atoms with van der Waals surface area (Å²) in [7, 11) is 0. The lowest BCUT2D eigenvalue weighted by Crippen LogP contribution is -2.46. The van der Waals surface area contributed by atoms with Crippen LogP contribution in [0.4, 0.5) is 5.82 Å². The van der Waals surface area contributed by atoms with E-state index in [4.69, 9.17) is 5.26 Å². The Labute approximate surface area is 83.2 Å². The Morgan fingerprint density at radius 2 is 2.14 bits per heavy atom.